The van der Waals surface area contributed by atoms with Crippen molar-refractivity contribution in [1.82, 2.24) is 0 Å². The summed E-state index contributed by atoms with van der Waals surface area (Å²) in [6.07, 6.45) is 0. The second-order valence-corrected chi connectivity index (χ2v) is 25.6. The summed E-state index contributed by atoms with van der Waals surface area (Å²) in [4.78, 5) is 28.6. The standard InChI is InChI=1S/2C7H6O4.3C7H7.Bi/c2*8-5-1-4(7(10)11)2-6(9)3-5;3*1-7-5-3-2-4-6-7;/h2*1-3,8-9H,(H,10,11);3*2-3,5-6H,1H3;/q;;;;;+2/p-2. The van der Waals surface area contributed by atoms with Gasteiger partial charge in [-0.25, -0.2) is 0 Å². The van der Waals surface area contributed by atoms with E-state index >= 15 is 0 Å². The van der Waals surface area contributed by atoms with E-state index in [0.717, 1.165) is 53.1 Å². The van der Waals surface area contributed by atoms with Crippen LogP contribution in [-0.4, -0.2) is 52.0 Å². The molecule has 0 aliphatic carbocycles. The third-order valence-electron chi connectivity index (χ3n) is 7.20. The van der Waals surface area contributed by atoms with E-state index in [-0.39, 0.29) is 34.1 Å². The van der Waals surface area contributed by atoms with E-state index in [0.29, 0.717) is 9.81 Å². The van der Waals surface area contributed by atoms with Crippen LogP contribution in [0, 0.1) is 20.8 Å². The molecule has 0 aromatic heterocycles. The maximum atomic E-state index is 14.3. The van der Waals surface area contributed by atoms with Gasteiger partial charge >= 0.3 is 258 Å². The van der Waals surface area contributed by atoms with Crippen molar-refractivity contribution in [1.29, 1.82) is 0 Å². The maximum absolute atomic E-state index is 14.3. The summed E-state index contributed by atoms with van der Waals surface area (Å²) in [5.74, 6) is -3.33. The van der Waals surface area contributed by atoms with Gasteiger partial charge in [-0.1, -0.05) is 0 Å². The Kier molecular flexibility index (Phi) is 8.10. The molecule has 5 rings (SSSR count). The molecule has 5 aromatic carbocycles. The Hall–Kier alpha value is -4.88. The van der Waals surface area contributed by atoms with Crippen LogP contribution in [0.5, 0.6) is 23.0 Å². The molecule has 4 N–H and O–H groups in total. The van der Waals surface area contributed by atoms with Crippen molar-refractivity contribution < 1.29 is 35.6 Å². The third-order valence-corrected chi connectivity index (χ3v) is 25.4. The van der Waals surface area contributed by atoms with E-state index in [1.807, 2.05) is 57.2 Å². The van der Waals surface area contributed by atoms with Crippen LogP contribution in [0.2, 0.25) is 0 Å². The van der Waals surface area contributed by atoms with Crippen LogP contribution in [0.4, 0.5) is 0 Å². The quantitative estimate of drug-likeness (QED) is 0.177. The Morgan fingerprint density at radius 3 is 1.05 bits per heavy atom. The summed E-state index contributed by atoms with van der Waals surface area (Å²) in [6.45, 7) is 5.60. The average Bonchev–Trinajstić information content (AvgIpc) is 2.96. The van der Waals surface area contributed by atoms with Gasteiger partial charge in [0.05, 0.1) is 0 Å². The summed E-state index contributed by atoms with van der Waals surface area (Å²) < 4.78 is 14.9. The summed E-state index contributed by atoms with van der Waals surface area (Å²) in [5, 5.41) is 40.9. The van der Waals surface area contributed by atoms with E-state index in [9.17, 15) is 30.0 Å². The number of hydrogen-bond donors (Lipinski definition) is 4. The van der Waals surface area contributed by atoms with Crippen LogP contribution in [0.25, 0.3) is 0 Å². The Balaban J connectivity index is 1.95. The van der Waals surface area contributed by atoms with Crippen molar-refractivity contribution in [3.05, 3.63) is 137 Å². The Labute approximate surface area is 256 Å². The molecule has 0 amide bonds. The number of rotatable bonds is 7. The second-order valence-electron chi connectivity index (χ2n) is 10.7. The molecular weight excluding hydrogens is 757 g/mol. The fraction of sp³-hybridized carbons (Fsp3) is 0.0857. The van der Waals surface area contributed by atoms with Crippen LogP contribution in [-0.2, 0) is 5.63 Å². The van der Waals surface area contributed by atoms with E-state index in [1.165, 1.54) is 0 Å². The van der Waals surface area contributed by atoms with Gasteiger partial charge in [0.15, 0.2) is 0 Å². The monoisotopic (exact) mass is 788 g/mol. The number of phenols is 4. The average molecular weight is 789 g/mol. The van der Waals surface area contributed by atoms with E-state index < -0.39 is 31.6 Å². The molecule has 0 fully saturated rings. The zero-order chi connectivity index (χ0) is 31.7. The van der Waals surface area contributed by atoms with Crippen molar-refractivity contribution in [2.24, 2.45) is 0 Å². The number of hydrogen-bond acceptors (Lipinski definition) is 8. The fourth-order valence-corrected chi connectivity index (χ4v) is 23.9. The Morgan fingerprint density at radius 2 is 0.773 bits per heavy atom. The predicted molar refractivity (Wildman–Crippen MR) is 169 cm³/mol. The molecular formula is C35H31BiO8. The van der Waals surface area contributed by atoms with Crippen molar-refractivity contribution >= 4 is 41.4 Å². The zero-order valence-electron chi connectivity index (χ0n) is 24.3. The van der Waals surface area contributed by atoms with Crippen LogP contribution in [0.1, 0.15) is 37.4 Å². The normalized spacial score (nSPS) is 12.1. The summed E-state index contributed by atoms with van der Waals surface area (Å²) >= 11 is -6.66. The molecule has 0 spiro atoms. The number of aromatic hydroxyl groups is 4. The van der Waals surface area contributed by atoms with Gasteiger partial charge in [-0.2, -0.15) is 0 Å². The van der Waals surface area contributed by atoms with Gasteiger partial charge in [0, 0.05) is 0 Å². The van der Waals surface area contributed by atoms with Crippen LogP contribution < -0.4 is 9.81 Å². The predicted octanol–water partition coefficient (Wildman–Crippen LogP) is 4.57. The van der Waals surface area contributed by atoms with Crippen LogP contribution in [0.15, 0.2) is 109 Å². The first-order valence-electron chi connectivity index (χ1n) is 13.7. The number of benzene rings is 5. The SMILES string of the molecule is Cc1ccc[c]([Bi]([O]C(=O)c2cc(O)cc(O)c2)([O]C(=O)c2cc(O)cc(O)c2)([c]2cccc(C)c2)[c]2cccc(C)c2)c1. The molecule has 0 bridgehead atoms. The molecule has 44 heavy (non-hydrogen) atoms. The van der Waals surface area contributed by atoms with Crippen molar-refractivity contribution in [2.45, 2.75) is 20.8 Å². The molecule has 8 nitrogen and oxygen atoms in total. The van der Waals surface area contributed by atoms with Gasteiger partial charge in [0.2, 0.25) is 0 Å². The van der Waals surface area contributed by atoms with Crippen LogP contribution >= 0.6 is 0 Å². The second kappa shape index (κ2) is 11.7. The molecule has 0 heterocycles. The molecule has 224 valence electrons. The third kappa shape index (κ3) is 5.59. The zero-order valence-corrected chi connectivity index (χ0v) is 27.7. The van der Waals surface area contributed by atoms with Crippen LogP contribution in [0.3, 0.4) is 0 Å². The van der Waals surface area contributed by atoms with Crippen molar-refractivity contribution in [2.75, 3.05) is 0 Å². The molecule has 0 atom stereocenters. The van der Waals surface area contributed by atoms with Gasteiger partial charge in [0.1, 0.15) is 0 Å². The van der Waals surface area contributed by atoms with E-state index in [1.54, 1.807) is 36.4 Å². The molecule has 0 unspecified atom stereocenters. The molecule has 0 aliphatic rings. The fourth-order valence-electron chi connectivity index (χ4n) is 5.27. The summed E-state index contributed by atoms with van der Waals surface area (Å²) in [5.41, 5.74) is 2.09. The number of carbonyl (C=O) groups is 2. The number of carbonyl (C=O) groups excluding carboxylic acids is 2. The first-order chi connectivity index (χ1) is 20.9. The molecule has 0 saturated carbocycles. The molecule has 9 heteroatoms. The number of aryl methyl sites for hydroxylation is 3. The van der Waals surface area contributed by atoms with E-state index in [4.69, 9.17) is 5.63 Å². The van der Waals surface area contributed by atoms with Crippen molar-refractivity contribution in [3.8, 4) is 23.0 Å². The Bertz CT molecular complexity index is 1690. The molecule has 5 aromatic rings. The number of phenolic OH excluding ortho intramolecular Hbond substituents is 4. The molecule has 0 radical (unpaired) electrons. The summed E-state index contributed by atoms with van der Waals surface area (Å²) in [7, 11) is 0. The van der Waals surface area contributed by atoms with Gasteiger partial charge in [-0.3, -0.25) is 0 Å². The minimum absolute atomic E-state index is 0.164. The van der Waals surface area contributed by atoms with Gasteiger partial charge in [0.25, 0.3) is 0 Å². The van der Waals surface area contributed by atoms with Crippen molar-refractivity contribution in [3.63, 3.8) is 0 Å². The summed E-state index contributed by atoms with van der Waals surface area (Å²) in [6, 6.07) is 28.5. The molecule has 0 saturated heterocycles. The molecule has 0 aliphatic heterocycles. The van der Waals surface area contributed by atoms with Gasteiger partial charge in [-0.15, -0.1) is 0 Å². The van der Waals surface area contributed by atoms with Gasteiger partial charge in [-0.05, 0) is 0 Å². The minimum atomic E-state index is -6.66. The van der Waals surface area contributed by atoms with Gasteiger partial charge < -0.3 is 0 Å². The van der Waals surface area contributed by atoms with E-state index in [2.05, 4.69) is 0 Å². The topological polar surface area (TPSA) is 134 Å². The Morgan fingerprint density at radius 1 is 0.477 bits per heavy atom. The first-order valence-corrected chi connectivity index (χ1v) is 21.7. The first kappa shape index (κ1) is 30.6.